The Kier molecular flexibility index (Phi) is 3.75. The average Bonchev–Trinajstić information content (AvgIpc) is 2.38. The van der Waals surface area contributed by atoms with Crippen molar-refractivity contribution in [3.63, 3.8) is 0 Å². The Morgan fingerprint density at radius 3 is 2.89 bits per heavy atom. The van der Waals surface area contributed by atoms with E-state index in [1.165, 1.54) is 13.2 Å². The summed E-state index contributed by atoms with van der Waals surface area (Å²) in [7, 11) is 1.51. The molecule has 0 aliphatic carbocycles. The fourth-order valence-electron chi connectivity index (χ4n) is 2.45. The van der Waals surface area contributed by atoms with Gasteiger partial charge in [0.15, 0.2) is 0 Å². The number of nitrogens with zero attached hydrogens (tertiary/aromatic N) is 1. The lowest BCUT2D eigenvalue weighted by atomic mass is 10.0. The number of hydrogen-bond acceptors (Lipinski definition) is 3. The number of phenolic OH excluding ortho intramolecular Hbond substituents is 1. The lowest BCUT2D eigenvalue weighted by molar-refractivity contribution is 0.0629. The Balaban J connectivity index is 2.33. The van der Waals surface area contributed by atoms with Crippen molar-refractivity contribution in [1.29, 1.82) is 0 Å². The van der Waals surface area contributed by atoms with E-state index in [4.69, 9.17) is 4.74 Å². The Labute approximate surface area is 107 Å². The van der Waals surface area contributed by atoms with E-state index in [0.717, 1.165) is 25.8 Å². The smallest absolute Gasteiger partial charge is 0.261 e. The molecule has 4 nitrogen and oxygen atoms in total. The third-order valence-electron chi connectivity index (χ3n) is 3.50. The van der Waals surface area contributed by atoms with E-state index in [9.17, 15) is 9.90 Å². The lowest BCUT2D eigenvalue weighted by Crippen LogP contribution is -2.42. The molecule has 4 heteroatoms. The molecule has 1 aromatic carbocycles. The van der Waals surface area contributed by atoms with Crippen LogP contribution < -0.4 is 4.74 Å². The maximum absolute atomic E-state index is 12.5. The van der Waals surface area contributed by atoms with Gasteiger partial charge in [-0.3, -0.25) is 4.79 Å². The van der Waals surface area contributed by atoms with Crippen LogP contribution in [0.15, 0.2) is 18.2 Å². The molecule has 0 radical (unpaired) electrons. The Bertz CT molecular complexity index is 445. The van der Waals surface area contributed by atoms with Crippen LogP contribution in [0.5, 0.6) is 11.5 Å². The number of phenols is 1. The van der Waals surface area contributed by atoms with Crippen molar-refractivity contribution in [3.05, 3.63) is 23.8 Å². The molecule has 0 spiro atoms. The van der Waals surface area contributed by atoms with Crippen LogP contribution in [0.4, 0.5) is 0 Å². The number of aromatic hydroxyl groups is 1. The van der Waals surface area contributed by atoms with Crippen molar-refractivity contribution in [2.45, 2.75) is 32.2 Å². The summed E-state index contributed by atoms with van der Waals surface area (Å²) < 4.78 is 5.17. The van der Waals surface area contributed by atoms with Gasteiger partial charge < -0.3 is 14.7 Å². The molecule has 0 aromatic heterocycles. The number of benzene rings is 1. The number of likely N-dealkylation sites (tertiary alicyclic amines) is 1. The first kappa shape index (κ1) is 12.7. The summed E-state index contributed by atoms with van der Waals surface area (Å²) in [5.74, 6) is 0.270. The van der Waals surface area contributed by atoms with E-state index in [0.29, 0.717) is 5.75 Å². The summed E-state index contributed by atoms with van der Waals surface area (Å²) in [6, 6.07) is 5.10. The van der Waals surface area contributed by atoms with E-state index in [1.807, 2.05) is 11.8 Å². The maximum atomic E-state index is 12.5. The minimum Gasteiger partial charge on any atom is -0.507 e. The van der Waals surface area contributed by atoms with E-state index in [-0.39, 0.29) is 23.3 Å². The van der Waals surface area contributed by atoms with Crippen molar-refractivity contribution >= 4 is 5.91 Å². The van der Waals surface area contributed by atoms with Crippen LogP contribution in [0.25, 0.3) is 0 Å². The van der Waals surface area contributed by atoms with Gasteiger partial charge >= 0.3 is 0 Å². The fraction of sp³-hybridized carbons (Fsp3) is 0.500. The van der Waals surface area contributed by atoms with Crippen LogP contribution in [0.2, 0.25) is 0 Å². The Hall–Kier alpha value is -1.71. The number of ether oxygens (including phenoxy) is 1. The molecule has 1 heterocycles. The third kappa shape index (κ3) is 2.28. The molecule has 2 rings (SSSR count). The largest absolute Gasteiger partial charge is 0.507 e. The first-order valence-corrected chi connectivity index (χ1v) is 6.32. The molecule has 0 saturated carbocycles. The third-order valence-corrected chi connectivity index (χ3v) is 3.50. The number of piperidine rings is 1. The second-order valence-corrected chi connectivity index (χ2v) is 4.70. The topological polar surface area (TPSA) is 49.8 Å². The molecular weight excluding hydrogens is 230 g/mol. The van der Waals surface area contributed by atoms with Gasteiger partial charge in [-0.05, 0) is 38.3 Å². The zero-order valence-electron chi connectivity index (χ0n) is 10.8. The predicted molar refractivity (Wildman–Crippen MR) is 69.0 cm³/mol. The van der Waals surface area contributed by atoms with Crippen LogP contribution >= 0.6 is 0 Å². The van der Waals surface area contributed by atoms with Crippen molar-refractivity contribution in [1.82, 2.24) is 4.90 Å². The number of methoxy groups -OCH3 is 1. The van der Waals surface area contributed by atoms with Gasteiger partial charge in [0.25, 0.3) is 5.91 Å². The second-order valence-electron chi connectivity index (χ2n) is 4.70. The molecule has 1 aliphatic heterocycles. The molecule has 0 bridgehead atoms. The van der Waals surface area contributed by atoms with Crippen LogP contribution in [0, 0.1) is 0 Å². The molecule has 18 heavy (non-hydrogen) atoms. The number of rotatable bonds is 2. The Morgan fingerprint density at radius 2 is 2.22 bits per heavy atom. The van der Waals surface area contributed by atoms with E-state index >= 15 is 0 Å². The molecule has 1 saturated heterocycles. The molecular formula is C14H19NO3. The summed E-state index contributed by atoms with van der Waals surface area (Å²) in [6.45, 7) is 2.79. The van der Waals surface area contributed by atoms with E-state index in [2.05, 4.69) is 0 Å². The fourth-order valence-corrected chi connectivity index (χ4v) is 2.45. The normalized spacial score (nSPS) is 19.7. The molecule has 1 unspecified atom stereocenters. The van der Waals surface area contributed by atoms with Crippen LogP contribution in [0.3, 0.4) is 0 Å². The van der Waals surface area contributed by atoms with Gasteiger partial charge in [0.2, 0.25) is 0 Å². The average molecular weight is 249 g/mol. The molecule has 1 amide bonds. The molecule has 1 aromatic rings. The SMILES string of the molecule is COc1cccc(O)c1C(=O)N1CCCCC1C. The standard InChI is InChI=1S/C14H19NO3/c1-10-6-3-4-9-15(10)14(17)13-11(16)7-5-8-12(13)18-2/h5,7-8,10,16H,3-4,6,9H2,1-2H3. The minimum atomic E-state index is -0.142. The molecule has 1 N–H and O–H groups in total. The van der Waals surface area contributed by atoms with Crippen molar-refractivity contribution < 1.29 is 14.6 Å². The quantitative estimate of drug-likeness (QED) is 0.875. The van der Waals surface area contributed by atoms with Crippen LogP contribution in [0.1, 0.15) is 36.5 Å². The Morgan fingerprint density at radius 1 is 1.44 bits per heavy atom. The molecule has 1 atom stereocenters. The minimum absolute atomic E-state index is 0.0166. The molecule has 1 aliphatic rings. The first-order valence-electron chi connectivity index (χ1n) is 6.32. The van der Waals surface area contributed by atoms with Crippen molar-refractivity contribution in [2.75, 3.05) is 13.7 Å². The van der Waals surface area contributed by atoms with Crippen LogP contribution in [-0.4, -0.2) is 35.6 Å². The maximum Gasteiger partial charge on any atom is 0.261 e. The van der Waals surface area contributed by atoms with Gasteiger partial charge in [0.1, 0.15) is 17.1 Å². The summed E-state index contributed by atoms with van der Waals surface area (Å²) in [5, 5.41) is 9.88. The van der Waals surface area contributed by atoms with Gasteiger partial charge in [-0.25, -0.2) is 0 Å². The summed E-state index contributed by atoms with van der Waals surface area (Å²) >= 11 is 0. The second kappa shape index (κ2) is 5.29. The highest BCUT2D eigenvalue weighted by Crippen LogP contribution is 2.30. The van der Waals surface area contributed by atoms with Gasteiger partial charge in [-0.2, -0.15) is 0 Å². The first-order chi connectivity index (χ1) is 8.65. The monoisotopic (exact) mass is 249 g/mol. The van der Waals surface area contributed by atoms with Crippen molar-refractivity contribution in [2.24, 2.45) is 0 Å². The van der Waals surface area contributed by atoms with Gasteiger partial charge in [0, 0.05) is 12.6 Å². The number of carbonyl (C=O) groups is 1. The summed E-state index contributed by atoms with van der Waals surface area (Å²) in [6.07, 6.45) is 3.19. The lowest BCUT2D eigenvalue weighted by Gasteiger charge is -2.33. The van der Waals surface area contributed by atoms with E-state index < -0.39 is 0 Å². The highest BCUT2D eigenvalue weighted by atomic mass is 16.5. The number of hydrogen-bond donors (Lipinski definition) is 1. The van der Waals surface area contributed by atoms with Gasteiger partial charge in [-0.1, -0.05) is 6.07 Å². The number of carbonyl (C=O) groups excluding carboxylic acids is 1. The van der Waals surface area contributed by atoms with Gasteiger partial charge in [0.05, 0.1) is 7.11 Å². The van der Waals surface area contributed by atoms with Crippen LogP contribution in [-0.2, 0) is 0 Å². The molecule has 98 valence electrons. The van der Waals surface area contributed by atoms with E-state index in [1.54, 1.807) is 12.1 Å². The van der Waals surface area contributed by atoms with Crippen molar-refractivity contribution in [3.8, 4) is 11.5 Å². The zero-order valence-corrected chi connectivity index (χ0v) is 10.8. The summed E-state index contributed by atoms with van der Waals surface area (Å²) in [5.41, 5.74) is 0.272. The van der Waals surface area contributed by atoms with Gasteiger partial charge in [-0.15, -0.1) is 0 Å². The number of amides is 1. The highest BCUT2D eigenvalue weighted by Gasteiger charge is 2.28. The molecule has 1 fully saturated rings. The zero-order chi connectivity index (χ0) is 13.1. The highest BCUT2D eigenvalue weighted by molar-refractivity contribution is 5.99. The summed E-state index contributed by atoms with van der Waals surface area (Å²) in [4.78, 5) is 14.3. The predicted octanol–water partition coefficient (Wildman–Crippen LogP) is 2.42.